The molecule has 2 heterocycles. The molecule has 0 radical (unpaired) electrons. The maximum absolute atomic E-state index is 12.1. The van der Waals surface area contributed by atoms with Gasteiger partial charge in [0.2, 0.25) is 5.91 Å². The summed E-state index contributed by atoms with van der Waals surface area (Å²) in [6, 6.07) is 0.166. The van der Waals surface area contributed by atoms with Gasteiger partial charge in [-0.1, -0.05) is 6.92 Å². The van der Waals surface area contributed by atoms with Crippen LogP contribution in [0, 0.1) is 5.92 Å². The van der Waals surface area contributed by atoms with Crippen molar-refractivity contribution in [2.24, 2.45) is 5.92 Å². The summed E-state index contributed by atoms with van der Waals surface area (Å²) in [5.74, 6) is 0.0776. The molecule has 0 aromatic carbocycles. The summed E-state index contributed by atoms with van der Waals surface area (Å²) in [7, 11) is 0. The van der Waals surface area contributed by atoms with Gasteiger partial charge >= 0.3 is 0 Å². The fourth-order valence-electron chi connectivity index (χ4n) is 2.75. The number of hydrogen-bond acceptors (Lipinski definition) is 5. The highest BCUT2D eigenvalue weighted by Crippen LogP contribution is 2.13. The van der Waals surface area contributed by atoms with E-state index in [0.29, 0.717) is 13.2 Å². The van der Waals surface area contributed by atoms with Crippen molar-refractivity contribution in [2.45, 2.75) is 19.4 Å². The smallest absolute Gasteiger partial charge is 0.227 e. The first kappa shape index (κ1) is 15.7. The number of carbonyl (C=O) groups is 1. The Morgan fingerprint density at radius 1 is 1.25 bits per heavy atom. The summed E-state index contributed by atoms with van der Waals surface area (Å²) in [4.78, 5) is 14.5. The van der Waals surface area contributed by atoms with Gasteiger partial charge in [0.15, 0.2) is 0 Å². The summed E-state index contributed by atoms with van der Waals surface area (Å²) in [6.07, 6.45) is 0.991. The van der Waals surface area contributed by atoms with E-state index in [1.807, 2.05) is 0 Å². The van der Waals surface area contributed by atoms with Gasteiger partial charge in [-0.3, -0.25) is 9.69 Å². The summed E-state index contributed by atoms with van der Waals surface area (Å²) in [6.45, 7) is 9.54. The molecule has 6 nitrogen and oxygen atoms in total. The number of morpholine rings is 1. The molecule has 2 rings (SSSR count). The minimum absolute atomic E-state index is 0.0432. The van der Waals surface area contributed by atoms with Crippen molar-refractivity contribution >= 4 is 5.91 Å². The predicted octanol–water partition coefficient (Wildman–Crippen LogP) is -0.551. The quantitative estimate of drug-likeness (QED) is 0.615. The molecule has 20 heavy (non-hydrogen) atoms. The van der Waals surface area contributed by atoms with E-state index in [1.165, 1.54) is 0 Å². The van der Waals surface area contributed by atoms with Crippen molar-refractivity contribution in [1.29, 1.82) is 0 Å². The van der Waals surface area contributed by atoms with Crippen LogP contribution in [0.1, 0.15) is 13.3 Å². The zero-order valence-corrected chi connectivity index (χ0v) is 12.4. The SMILES string of the molecule is CCNC1COCC1C(=O)NCCCN1CCOCC1. The van der Waals surface area contributed by atoms with Gasteiger partial charge in [-0.2, -0.15) is 0 Å². The molecule has 2 saturated heterocycles. The summed E-state index contributed by atoms with van der Waals surface area (Å²) < 4.78 is 10.7. The van der Waals surface area contributed by atoms with Crippen LogP contribution in [0.4, 0.5) is 0 Å². The van der Waals surface area contributed by atoms with Gasteiger partial charge in [-0.15, -0.1) is 0 Å². The van der Waals surface area contributed by atoms with Crippen molar-refractivity contribution in [3.8, 4) is 0 Å². The number of nitrogens with one attached hydrogen (secondary N) is 2. The second-order valence-corrected chi connectivity index (χ2v) is 5.41. The molecule has 2 aliphatic rings. The highest BCUT2D eigenvalue weighted by molar-refractivity contribution is 5.79. The summed E-state index contributed by atoms with van der Waals surface area (Å²) in [5, 5.41) is 6.35. The third-order valence-corrected chi connectivity index (χ3v) is 3.94. The van der Waals surface area contributed by atoms with E-state index in [2.05, 4.69) is 22.5 Å². The maximum atomic E-state index is 12.1. The molecule has 0 bridgehead atoms. The van der Waals surface area contributed by atoms with Crippen LogP contribution >= 0.6 is 0 Å². The van der Waals surface area contributed by atoms with Gasteiger partial charge in [0, 0.05) is 25.7 Å². The molecular formula is C14H27N3O3. The zero-order chi connectivity index (χ0) is 14.2. The standard InChI is InChI=1S/C14H27N3O3/c1-2-15-13-11-20-10-12(13)14(18)16-4-3-5-17-6-8-19-9-7-17/h12-13,15H,2-11H2,1H3,(H,16,18). The van der Waals surface area contributed by atoms with Crippen LogP contribution in [0.2, 0.25) is 0 Å². The van der Waals surface area contributed by atoms with Gasteiger partial charge in [0.05, 0.1) is 32.3 Å². The fraction of sp³-hybridized carbons (Fsp3) is 0.929. The molecule has 1 amide bonds. The second kappa shape index (κ2) is 8.56. The highest BCUT2D eigenvalue weighted by atomic mass is 16.5. The lowest BCUT2D eigenvalue weighted by molar-refractivity contribution is -0.125. The normalized spacial score (nSPS) is 27.6. The second-order valence-electron chi connectivity index (χ2n) is 5.41. The first-order valence-electron chi connectivity index (χ1n) is 7.70. The van der Waals surface area contributed by atoms with Crippen molar-refractivity contribution in [1.82, 2.24) is 15.5 Å². The van der Waals surface area contributed by atoms with Gasteiger partial charge < -0.3 is 20.1 Å². The maximum Gasteiger partial charge on any atom is 0.227 e. The molecule has 2 atom stereocenters. The number of carbonyl (C=O) groups excluding carboxylic acids is 1. The number of nitrogens with zero attached hydrogens (tertiary/aromatic N) is 1. The van der Waals surface area contributed by atoms with Crippen LogP contribution in [0.3, 0.4) is 0 Å². The third-order valence-electron chi connectivity index (χ3n) is 3.94. The summed E-state index contributed by atoms with van der Waals surface area (Å²) in [5.41, 5.74) is 0. The number of hydrogen-bond donors (Lipinski definition) is 2. The van der Waals surface area contributed by atoms with E-state index in [-0.39, 0.29) is 17.9 Å². The van der Waals surface area contributed by atoms with E-state index in [0.717, 1.165) is 52.4 Å². The van der Waals surface area contributed by atoms with Crippen LogP contribution < -0.4 is 10.6 Å². The van der Waals surface area contributed by atoms with E-state index in [4.69, 9.17) is 9.47 Å². The number of likely N-dealkylation sites (N-methyl/N-ethyl adjacent to an activating group) is 1. The molecule has 0 aromatic heterocycles. The molecule has 6 heteroatoms. The van der Waals surface area contributed by atoms with Gasteiger partial charge in [0.25, 0.3) is 0 Å². The Kier molecular flexibility index (Phi) is 6.72. The molecule has 2 fully saturated rings. The first-order valence-corrected chi connectivity index (χ1v) is 7.70. The lowest BCUT2D eigenvalue weighted by Gasteiger charge is -2.26. The largest absolute Gasteiger partial charge is 0.379 e. The fourth-order valence-corrected chi connectivity index (χ4v) is 2.75. The molecule has 2 unspecified atom stereocenters. The van der Waals surface area contributed by atoms with E-state index < -0.39 is 0 Å². The minimum Gasteiger partial charge on any atom is -0.379 e. The average molecular weight is 285 g/mol. The van der Waals surface area contributed by atoms with Crippen molar-refractivity contribution < 1.29 is 14.3 Å². The van der Waals surface area contributed by atoms with Crippen LogP contribution in [-0.2, 0) is 14.3 Å². The Hall–Kier alpha value is -0.690. The number of rotatable bonds is 7. The molecular weight excluding hydrogens is 258 g/mol. The molecule has 0 saturated carbocycles. The first-order chi connectivity index (χ1) is 9.81. The predicted molar refractivity (Wildman–Crippen MR) is 76.7 cm³/mol. The Balaban J connectivity index is 1.59. The zero-order valence-electron chi connectivity index (χ0n) is 12.4. The van der Waals surface area contributed by atoms with Crippen LogP contribution in [0.25, 0.3) is 0 Å². The molecule has 0 aromatic rings. The Morgan fingerprint density at radius 3 is 2.80 bits per heavy atom. The summed E-state index contributed by atoms with van der Waals surface area (Å²) >= 11 is 0. The topological polar surface area (TPSA) is 62.8 Å². The molecule has 116 valence electrons. The number of amides is 1. The van der Waals surface area contributed by atoms with Gasteiger partial charge in [-0.25, -0.2) is 0 Å². The van der Waals surface area contributed by atoms with Gasteiger partial charge in [-0.05, 0) is 19.5 Å². The average Bonchev–Trinajstić information content (AvgIpc) is 2.93. The Morgan fingerprint density at radius 2 is 2.05 bits per heavy atom. The molecule has 0 aliphatic carbocycles. The van der Waals surface area contributed by atoms with Crippen LogP contribution in [0.15, 0.2) is 0 Å². The van der Waals surface area contributed by atoms with E-state index >= 15 is 0 Å². The van der Waals surface area contributed by atoms with Crippen molar-refractivity contribution in [3.63, 3.8) is 0 Å². The number of ether oxygens (including phenoxy) is 2. The monoisotopic (exact) mass is 285 g/mol. The van der Waals surface area contributed by atoms with Crippen LogP contribution in [-0.4, -0.2) is 76.0 Å². The van der Waals surface area contributed by atoms with Crippen molar-refractivity contribution in [3.05, 3.63) is 0 Å². The minimum atomic E-state index is -0.0432. The van der Waals surface area contributed by atoms with E-state index in [9.17, 15) is 4.79 Å². The molecule has 0 spiro atoms. The van der Waals surface area contributed by atoms with E-state index in [1.54, 1.807) is 0 Å². The molecule has 2 N–H and O–H groups in total. The Labute approximate surface area is 121 Å². The Bertz CT molecular complexity index is 295. The lowest BCUT2D eigenvalue weighted by atomic mass is 10.0. The third kappa shape index (κ3) is 4.70. The van der Waals surface area contributed by atoms with Crippen molar-refractivity contribution in [2.75, 3.05) is 59.2 Å². The van der Waals surface area contributed by atoms with Crippen LogP contribution in [0.5, 0.6) is 0 Å². The lowest BCUT2D eigenvalue weighted by Crippen LogP contribution is -2.44. The highest BCUT2D eigenvalue weighted by Gasteiger charge is 2.33. The van der Waals surface area contributed by atoms with Gasteiger partial charge in [0.1, 0.15) is 0 Å². The molecule has 2 aliphatic heterocycles.